The zero-order valence-electron chi connectivity index (χ0n) is 11.3. The molecule has 1 saturated carbocycles. The Morgan fingerprint density at radius 1 is 1.41 bits per heavy atom. The summed E-state index contributed by atoms with van der Waals surface area (Å²) in [6, 6.07) is 6.66. The van der Waals surface area contributed by atoms with Crippen molar-refractivity contribution in [3.8, 4) is 5.75 Å². The van der Waals surface area contributed by atoms with Gasteiger partial charge in [0, 0.05) is 12.0 Å². The molecule has 1 aliphatic rings. The Balaban J connectivity index is 2.31. The maximum Gasteiger partial charge on any atom is 0.122 e. The van der Waals surface area contributed by atoms with E-state index in [2.05, 4.69) is 37.4 Å². The summed E-state index contributed by atoms with van der Waals surface area (Å²) in [5.41, 5.74) is 2.96. The molecule has 1 aromatic rings. The van der Waals surface area contributed by atoms with Crippen LogP contribution in [0, 0.1) is 12.8 Å². The minimum absolute atomic E-state index is 0.329. The monoisotopic (exact) mass is 233 g/mol. The Labute approximate surface area is 104 Å². The first kappa shape index (κ1) is 12.4. The van der Waals surface area contributed by atoms with Crippen LogP contribution in [0.4, 0.5) is 0 Å². The van der Waals surface area contributed by atoms with Gasteiger partial charge in [0.1, 0.15) is 5.75 Å². The molecular weight excluding hydrogens is 210 g/mol. The first-order valence-electron chi connectivity index (χ1n) is 6.41. The van der Waals surface area contributed by atoms with E-state index >= 15 is 0 Å². The fourth-order valence-electron chi connectivity index (χ4n) is 3.24. The van der Waals surface area contributed by atoms with Crippen LogP contribution in [-0.4, -0.2) is 20.7 Å². The standard InChI is InChI=1S/C15H23NO/c1-11-8-15(9-11,10-16-3)13-6-5-12(2)14(7-13)17-4/h5-7,11,16H,8-10H2,1-4H3. The summed E-state index contributed by atoms with van der Waals surface area (Å²) in [5.74, 6) is 1.85. The minimum Gasteiger partial charge on any atom is -0.496 e. The molecule has 0 spiro atoms. The maximum absolute atomic E-state index is 5.43. The lowest BCUT2D eigenvalue weighted by atomic mass is 9.59. The number of methoxy groups -OCH3 is 1. The van der Waals surface area contributed by atoms with Gasteiger partial charge in [0.15, 0.2) is 0 Å². The van der Waals surface area contributed by atoms with Crippen LogP contribution < -0.4 is 10.1 Å². The quantitative estimate of drug-likeness (QED) is 0.863. The van der Waals surface area contributed by atoms with Crippen LogP contribution in [0.3, 0.4) is 0 Å². The molecule has 0 saturated heterocycles. The van der Waals surface area contributed by atoms with E-state index in [4.69, 9.17) is 4.74 Å². The molecule has 1 fully saturated rings. The molecule has 2 nitrogen and oxygen atoms in total. The van der Waals surface area contributed by atoms with Crippen LogP contribution in [0.5, 0.6) is 5.75 Å². The lowest BCUT2D eigenvalue weighted by Crippen LogP contribution is -2.47. The van der Waals surface area contributed by atoms with E-state index in [-0.39, 0.29) is 0 Å². The number of benzene rings is 1. The topological polar surface area (TPSA) is 21.3 Å². The van der Waals surface area contributed by atoms with Crippen LogP contribution in [0.15, 0.2) is 18.2 Å². The van der Waals surface area contributed by atoms with Crippen molar-refractivity contribution in [2.24, 2.45) is 5.92 Å². The van der Waals surface area contributed by atoms with Gasteiger partial charge in [-0.05, 0) is 49.9 Å². The van der Waals surface area contributed by atoms with Crippen molar-refractivity contribution >= 4 is 0 Å². The predicted octanol–water partition coefficient (Wildman–Crippen LogP) is 2.89. The third kappa shape index (κ3) is 2.19. The molecule has 0 heterocycles. The number of hydrogen-bond acceptors (Lipinski definition) is 2. The average molecular weight is 233 g/mol. The van der Waals surface area contributed by atoms with Gasteiger partial charge in [0.25, 0.3) is 0 Å². The van der Waals surface area contributed by atoms with Crippen LogP contribution in [0.1, 0.15) is 30.9 Å². The summed E-state index contributed by atoms with van der Waals surface area (Å²) < 4.78 is 5.43. The lowest BCUT2D eigenvalue weighted by Gasteiger charge is -2.47. The van der Waals surface area contributed by atoms with Crippen molar-refractivity contribution in [1.82, 2.24) is 5.32 Å². The number of hydrogen-bond donors (Lipinski definition) is 1. The number of likely N-dealkylation sites (N-methyl/N-ethyl adjacent to an activating group) is 1. The predicted molar refractivity (Wildman–Crippen MR) is 71.7 cm³/mol. The van der Waals surface area contributed by atoms with Crippen LogP contribution in [0.25, 0.3) is 0 Å². The molecule has 2 rings (SSSR count). The second kappa shape index (κ2) is 4.69. The molecule has 94 valence electrons. The van der Waals surface area contributed by atoms with Gasteiger partial charge in [-0.2, -0.15) is 0 Å². The van der Waals surface area contributed by atoms with E-state index in [0.717, 1.165) is 18.2 Å². The van der Waals surface area contributed by atoms with Crippen molar-refractivity contribution < 1.29 is 4.74 Å². The molecular formula is C15H23NO. The van der Waals surface area contributed by atoms with Crippen molar-refractivity contribution in [3.05, 3.63) is 29.3 Å². The highest BCUT2D eigenvalue weighted by atomic mass is 16.5. The molecule has 1 aromatic carbocycles. The Hall–Kier alpha value is -1.02. The molecule has 1 aliphatic carbocycles. The Morgan fingerprint density at radius 2 is 2.12 bits per heavy atom. The first-order valence-corrected chi connectivity index (χ1v) is 6.41. The molecule has 0 unspecified atom stereocenters. The van der Waals surface area contributed by atoms with Gasteiger partial charge in [-0.25, -0.2) is 0 Å². The summed E-state index contributed by atoms with van der Waals surface area (Å²) >= 11 is 0. The third-order valence-corrected chi connectivity index (χ3v) is 4.01. The summed E-state index contributed by atoms with van der Waals surface area (Å²) in [4.78, 5) is 0. The highest BCUT2D eigenvalue weighted by molar-refractivity contribution is 5.41. The van der Waals surface area contributed by atoms with Gasteiger partial charge in [-0.15, -0.1) is 0 Å². The minimum atomic E-state index is 0.329. The zero-order valence-corrected chi connectivity index (χ0v) is 11.3. The lowest BCUT2D eigenvalue weighted by molar-refractivity contribution is 0.155. The molecule has 0 atom stereocenters. The molecule has 2 heteroatoms. The van der Waals surface area contributed by atoms with Crippen molar-refractivity contribution in [2.75, 3.05) is 20.7 Å². The van der Waals surface area contributed by atoms with Gasteiger partial charge >= 0.3 is 0 Å². The molecule has 0 bridgehead atoms. The third-order valence-electron chi connectivity index (χ3n) is 4.01. The van der Waals surface area contributed by atoms with Gasteiger partial charge in [-0.3, -0.25) is 0 Å². The van der Waals surface area contributed by atoms with Crippen LogP contribution in [0.2, 0.25) is 0 Å². The van der Waals surface area contributed by atoms with E-state index in [0.29, 0.717) is 5.41 Å². The summed E-state index contributed by atoms with van der Waals surface area (Å²) in [6.07, 6.45) is 2.56. The maximum atomic E-state index is 5.43. The second-order valence-corrected chi connectivity index (χ2v) is 5.51. The molecule has 0 amide bonds. The summed E-state index contributed by atoms with van der Waals surface area (Å²) in [6.45, 7) is 5.49. The number of nitrogens with one attached hydrogen (secondary N) is 1. The molecule has 0 radical (unpaired) electrons. The number of rotatable bonds is 4. The second-order valence-electron chi connectivity index (χ2n) is 5.51. The van der Waals surface area contributed by atoms with E-state index in [1.54, 1.807) is 7.11 Å². The number of ether oxygens (including phenoxy) is 1. The fourth-order valence-corrected chi connectivity index (χ4v) is 3.24. The van der Waals surface area contributed by atoms with Gasteiger partial charge in [-0.1, -0.05) is 19.1 Å². The molecule has 0 aliphatic heterocycles. The molecule has 0 aromatic heterocycles. The van der Waals surface area contributed by atoms with Crippen molar-refractivity contribution in [1.29, 1.82) is 0 Å². The highest BCUT2D eigenvalue weighted by Gasteiger charge is 2.42. The van der Waals surface area contributed by atoms with Crippen molar-refractivity contribution in [3.63, 3.8) is 0 Å². The molecule has 17 heavy (non-hydrogen) atoms. The summed E-state index contributed by atoms with van der Waals surface area (Å²) in [5, 5.41) is 3.34. The zero-order chi connectivity index (χ0) is 12.5. The summed E-state index contributed by atoms with van der Waals surface area (Å²) in [7, 11) is 3.79. The van der Waals surface area contributed by atoms with Gasteiger partial charge in [0.05, 0.1) is 7.11 Å². The van der Waals surface area contributed by atoms with Crippen LogP contribution in [-0.2, 0) is 5.41 Å². The average Bonchev–Trinajstić information content (AvgIpc) is 2.27. The van der Waals surface area contributed by atoms with Crippen molar-refractivity contribution in [2.45, 2.75) is 32.1 Å². The highest BCUT2D eigenvalue weighted by Crippen LogP contribution is 2.48. The smallest absolute Gasteiger partial charge is 0.122 e. The SMILES string of the molecule is CNCC1(c2ccc(C)c(OC)c2)CC(C)C1. The molecule has 1 N–H and O–H groups in total. The Bertz CT molecular complexity index is 388. The fraction of sp³-hybridized carbons (Fsp3) is 0.600. The van der Waals surface area contributed by atoms with Gasteiger partial charge < -0.3 is 10.1 Å². The van der Waals surface area contributed by atoms with E-state index in [9.17, 15) is 0 Å². The largest absolute Gasteiger partial charge is 0.496 e. The van der Waals surface area contributed by atoms with E-state index in [1.807, 2.05) is 7.05 Å². The first-order chi connectivity index (χ1) is 8.11. The normalized spacial score (nSPS) is 27.6. The van der Waals surface area contributed by atoms with E-state index in [1.165, 1.54) is 24.0 Å². The van der Waals surface area contributed by atoms with Crippen LogP contribution >= 0.6 is 0 Å². The van der Waals surface area contributed by atoms with E-state index < -0.39 is 0 Å². The number of aryl methyl sites for hydroxylation is 1. The Kier molecular flexibility index (Phi) is 3.43. The Morgan fingerprint density at radius 3 is 2.65 bits per heavy atom. The van der Waals surface area contributed by atoms with Gasteiger partial charge in [0.2, 0.25) is 0 Å².